The van der Waals surface area contributed by atoms with Gasteiger partial charge in [0, 0.05) is 19.3 Å². The first-order chi connectivity index (χ1) is 29.5. The number of allylic oxidation sites excluding steroid dienone is 10. The molecule has 6 heteroatoms. The second-order valence-corrected chi connectivity index (χ2v) is 16.8. The fourth-order valence-electron chi connectivity index (χ4n) is 7.04. The highest BCUT2D eigenvalue weighted by molar-refractivity contribution is 5.71. The summed E-state index contributed by atoms with van der Waals surface area (Å²) in [5, 5.41) is 0. The highest BCUT2D eigenvalue weighted by Crippen LogP contribution is 2.15. The van der Waals surface area contributed by atoms with Crippen molar-refractivity contribution in [1.29, 1.82) is 0 Å². The number of unbranched alkanes of at least 4 members (excludes halogenated alkanes) is 27. The summed E-state index contributed by atoms with van der Waals surface area (Å²) in [5.74, 6) is -0.935. The molecule has 0 fully saturated rings. The van der Waals surface area contributed by atoms with Gasteiger partial charge in [0.1, 0.15) is 13.2 Å². The summed E-state index contributed by atoms with van der Waals surface area (Å²) < 4.78 is 16.7. The summed E-state index contributed by atoms with van der Waals surface area (Å²) in [6, 6.07) is 0. The molecule has 1 unspecified atom stereocenters. The van der Waals surface area contributed by atoms with Crippen LogP contribution in [0.5, 0.6) is 0 Å². The van der Waals surface area contributed by atoms with Crippen molar-refractivity contribution in [3.63, 3.8) is 0 Å². The maximum absolute atomic E-state index is 12.7. The summed E-state index contributed by atoms with van der Waals surface area (Å²) in [4.78, 5) is 37.9. The Hall–Kier alpha value is -2.89. The first-order valence-corrected chi connectivity index (χ1v) is 25.3. The molecule has 0 bridgehead atoms. The molecule has 0 saturated heterocycles. The van der Waals surface area contributed by atoms with Crippen molar-refractivity contribution >= 4 is 17.9 Å². The SMILES string of the molecule is CC/C=C/C=C/C=C/C=C/CCCCCC(=O)OC(COC(=O)CCCCCCC/C=C/CCCCCCCCC)COC(=O)CCCCCCCCCCCCCCC. The molecule has 0 radical (unpaired) electrons. The Labute approximate surface area is 370 Å². The maximum atomic E-state index is 12.7. The zero-order chi connectivity index (χ0) is 43.7. The van der Waals surface area contributed by atoms with E-state index in [1.165, 1.54) is 128 Å². The number of esters is 3. The zero-order valence-electron chi connectivity index (χ0n) is 39.5. The average Bonchev–Trinajstić information content (AvgIpc) is 3.24. The number of hydrogen-bond acceptors (Lipinski definition) is 6. The molecule has 1 atom stereocenters. The highest BCUT2D eigenvalue weighted by Gasteiger charge is 2.19. The topological polar surface area (TPSA) is 78.9 Å². The first-order valence-electron chi connectivity index (χ1n) is 25.3. The molecule has 0 saturated carbocycles. The number of carbonyl (C=O) groups is 3. The Morgan fingerprint density at radius 3 is 1.08 bits per heavy atom. The normalized spacial score (nSPS) is 12.5. The summed E-state index contributed by atoms with van der Waals surface area (Å²) in [7, 11) is 0. The zero-order valence-corrected chi connectivity index (χ0v) is 39.5. The molecule has 0 spiro atoms. The predicted octanol–water partition coefficient (Wildman–Crippen LogP) is 16.5. The first kappa shape index (κ1) is 57.1. The highest BCUT2D eigenvalue weighted by atomic mass is 16.6. The Kier molecular flexibility index (Phi) is 46.4. The van der Waals surface area contributed by atoms with Crippen LogP contribution in [0.25, 0.3) is 0 Å². The van der Waals surface area contributed by atoms with Crippen molar-refractivity contribution < 1.29 is 28.6 Å². The lowest BCUT2D eigenvalue weighted by molar-refractivity contribution is -0.167. The van der Waals surface area contributed by atoms with Crippen molar-refractivity contribution in [3.05, 3.63) is 60.8 Å². The van der Waals surface area contributed by atoms with Gasteiger partial charge in [0.25, 0.3) is 0 Å². The fourth-order valence-corrected chi connectivity index (χ4v) is 7.04. The van der Waals surface area contributed by atoms with E-state index in [-0.39, 0.29) is 37.5 Å². The Morgan fingerprint density at radius 1 is 0.350 bits per heavy atom. The molecule has 0 amide bonds. The monoisotopic (exact) mass is 839 g/mol. The van der Waals surface area contributed by atoms with Crippen LogP contribution in [0.3, 0.4) is 0 Å². The van der Waals surface area contributed by atoms with Crippen LogP contribution in [0.15, 0.2) is 60.8 Å². The molecule has 0 aromatic heterocycles. The Morgan fingerprint density at radius 2 is 0.667 bits per heavy atom. The standard InChI is InChI=1S/C54H94O6/c1-4-7-10-13-16-19-22-25-26-27-30-32-35-38-41-44-47-53(56)59-50-51(60-54(57)48-45-42-39-36-33-29-24-21-18-15-12-9-6-3)49-58-52(55)46-43-40-37-34-31-28-23-20-17-14-11-8-5-2/h9,12,15,18,21,24,26-27,29,33,51H,4-8,10-11,13-14,16-17,19-20,22-23,25,28,30-32,34-50H2,1-3H3/b12-9+,18-15+,24-21+,27-26+,33-29+. The molecule has 346 valence electrons. The Balaban J connectivity index is 4.42. The molecule has 0 aliphatic carbocycles. The van der Waals surface area contributed by atoms with Gasteiger partial charge < -0.3 is 14.2 Å². The lowest BCUT2D eigenvalue weighted by atomic mass is 10.0. The van der Waals surface area contributed by atoms with Gasteiger partial charge in [-0.25, -0.2) is 0 Å². The van der Waals surface area contributed by atoms with Crippen molar-refractivity contribution in [2.45, 2.75) is 252 Å². The molecule has 0 aromatic rings. The van der Waals surface area contributed by atoms with E-state index < -0.39 is 6.10 Å². The van der Waals surface area contributed by atoms with E-state index in [9.17, 15) is 14.4 Å². The molecule has 0 aliphatic rings. The van der Waals surface area contributed by atoms with Crippen LogP contribution in [0.1, 0.15) is 245 Å². The maximum Gasteiger partial charge on any atom is 0.306 e. The molecule has 0 N–H and O–H groups in total. The van der Waals surface area contributed by atoms with E-state index in [1.807, 2.05) is 36.5 Å². The average molecular weight is 839 g/mol. The third-order valence-corrected chi connectivity index (χ3v) is 10.9. The number of rotatable bonds is 45. The molecular formula is C54H94O6. The Bertz CT molecular complexity index is 1100. The minimum Gasteiger partial charge on any atom is -0.462 e. The van der Waals surface area contributed by atoms with Crippen LogP contribution in [0.2, 0.25) is 0 Å². The number of hydrogen-bond donors (Lipinski definition) is 0. The van der Waals surface area contributed by atoms with Gasteiger partial charge in [-0.3, -0.25) is 14.4 Å². The molecule has 6 nitrogen and oxygen atoms in total. The van der Waals surface area contributed by atoms with Crippen LogP contribution in [0, 0.1) is 0 Å². The molecule has 0 rings (SSSR count). The van der Waals surface area contributed by atoms with Gasteiger partial charge >= 0.3 is 17.9 Å². The fraction of sp³-hybridized carbons (Fsp3) is 0.759. The summed E-state index contributed by atoms with van der Waals surface area (Å²) in [5.41, 5.74) is 0. The van der Waals surface area contributed by atoms with Crippen molar-refractivity contribution in [2.75, 3.05) is 13.2 Å². The van der Waals surface area contributed by atoms with E-state index in [1.54, 1.807) is 0 Å². The largest absolute Gasteiger partial charge is 0.462 e. The van der Waals surface area contributed by atoms with Gasteiger partial charge in [-0.15, -0.1) is 0 Å². The van der Waals surface area contributed by atoms with E-state index >= 15 is 0 Å². The number of ether oxygens (including phenoxy) is 3. The lowest BCUT2D eigenvalue weighted by Crippen LogP contribution is -2.30. The summed E-state index contributed by atoms with van der Waals surface area (Å²) in [6.07, 6.45) is 59.2. The van der Waals surface area contributed by atoms with Gasteiger partial charge in [-0.05, 0) is 64.2 Å². The van der Waals surface area contributed by atoms with Gasteiger partial charge in [-0.2, -0.15) is 0 Å². The summed E-state index contributed by atoms with van der Waals surface area (Å²) >= 11 is 0. The third-order valence-electron chi connectivity index (χ3n) is 10.9. The summed E-state index contributed by atoms with van der Waals surface area (Å²) in [6.45, 7) is 6.46. The minimum atomic E-state index is -0.794. The third kappa shape index (κ3) is 46.2. The predicted molar refractivity (Wildman–Crippen MR) is 256 cm³/mol. The minimum absolute atomic E-state index is 0.0911. The van der Waals surface area contributed by atoms with Crippen LogP contribution < -0.4 is 0 Å². The van der Waals surface area contributed by atoms with Gasteiger partial charge in [0.2, 0.25) is 0 Å². The van der Waals surface area contributed by atoms with E-state index in [2.05, 4.69) is 45.1 Å². The van der Waals surface area contributed by atoms with E-state index in [0.29, 0.717) is 12.8 Å². The van der Waals surface area contributed by atoms with Crippen molar-refractivity contribution in [1.82, 2.24) is 0 Å². The van der Waals surface area contributed by atoms with Gasteiger partial charge in [0.05, 0.1) is 0 Å². The molecule has 60 heavy (non-hydrogen) atoms. The van der Waals surface area contributed by atoms with E-state index in [4.69, 9.17) is 14.2 Å². The van der Waals surface area contributed by atoms with Crippen LogP contribution in [-0.2, 0) is 28.6 Å². The van der Waals surface area contributed by atoms with Crippen molar-refractivity contribution in [2.24, 2.45) is 0 Å². The lowest BCUT2D eigenvalue weighted by Gasteiger charge is -2.18. The van der Waals surface area contributed by atoms with Crippen LogP contribution in [-0.4, -0.2) is 37.2 Å². The smallest absolute Gasteiger partial charge is 0.306 e. The second-order valence-electron chi connectivity index (χ2n) is 16.8. The van der Waals surface area contributed by atoms with E-state index in [0.717, 1.165) is 77.0 Å². The number of carbonyl (C=O) groups excluding carboxylic acids is 3. The molecule has 0 aromatic carbocycles. The van der Waals surface area contributed by atoms with Crippen LogP contribution in [0.4, 0.5) is 0 Å². The molecule has 0 aliphatic heterocycles. The molecule has 0 heterocycles. The van der Waals surface area contributed by atoms with Crippen molar-refractivity contribution in [3.8, 4) is 0 Å². The van der Waals surface area contributed by atoms with Gasteiger partial charge in [0.15, 0.2) is 6.10 Å². The van der Waals surface area contributed by atoms with Crippen LogP contribution >= 0.6 is 0 Å². The molecular weight excluding hydrogens is 745 g/mol. The second kappa shape index (κ2) is 48.8. The van der Waals surface area contributed by atoms with Gasteiger partial charge in [-0.1, -0.05) is 223 Å². The quantitative estimate of drug-likeness (QED) is 0.0200.